The molecule has 0 spiro atoms. The van der Waals surface area contributed by atoms with Gasteiger partial charge in [-0.05, 0) is 260 Å². The van der Waals surface area contributed by atoms with E-state index >= 15 is 0 Å². The molecule has 7 aromatic heterocycles. The lowest BCUT2D eigenvalue weighted by atomic mass is 9.47. The number of aromatic amines is 1. The standard InChI is InChI=1S/C70H67N7/c1-67(2)43-13-39-23-59(71-31-49(39)53(67)27-43)63-19-37(20-64(76-63)60-24-40-14-44-28-54(68(44,3)4)50(40)32-72-60)35-9-11-57-47(17-35)48-18-36(10-12-58(48)75-57)38-21-65(61-25-41-15-45-29-55(69(45,5)6)51(41)33-73-61)77-66(22-38)62-26-42-16-46-30-56(70(46,7)8)52(42)34-74-62/h9-12,17-26,31-34,43-46,53-56,75H,13-16,27-30H2,1-8H3/t43-,44-,45-,46-,53-,54-,55-,56-/m0/s1. The van der Waals surface area contributed by atoms with E-state index in [4.69, 9.17) is 29.9 Å². The molecule has 382 valence electrons. The van der Waals surface area contributed by atoms with Gasteiger partial charge >= 0.3 is 0 Å². The Morgan fingerprint density at radius 3 is 0.896 bits per heavy atom. The first-order valence-electron chi connectivity index (χ1n) is 29.1. The number of hydrogen-bond acceptors (Lipinski definition) is 6. The zero-order chi connectivity index (χ0) is 51.8. The van der Waals surface area contributed by atoms with Crippen LogP contribution in [0, 0.1) is 45.3 Å². The Morgan fingerprint density at radius 2 is 0.623 bits per heavy atom. The molecule has 12 aliphatic carbocycles. The lowest BCUT2D eigenvalue weighted by molar-refractivity contribution is 0.0183. The van der Waals surface area contributed by atoms with Gasteiger partial charge in [-0.25, -0.2) is 9.97 Å². The summed E-state index contributed by atoms with van der Waals surface area (Å²) in [7, 11) is 0. The summed E-state index contributed by atoms with van der Waals surface area (Å²) in [6, 6.07) is 32.3. The van der Waals surface area contributed by atoms with Crippen molar-refractivity contribution in [3.63, 3.8) is 0 Å². The Balaban J connectivity index is 0.782. The van der Waals surface area contributed by atoms with Crippen molar-refractivity contribution in [2.24, 2.45) is 45.3 Å². The Hall–Kier alpha value is -6.86. The molecule has 8 atom stereocenters. The number of hydrogen-bond donors (Lipinski definition) is 1. The lowest BCUT2D eigenvalue weighted by Gasteiger charge is -2.57. The fourth-order valence-electron chi connectivity index (χ4n) is 17.4. The first-order chi connectivity index (χ1) is 37.0. The third kappa shape index (κ3) is 6.26. The molecule has 0 aliphatic heterocycles. The van der Waals surface area contributed by atoms with E-state index < -0.39 is 0 Å². The summed E-state index contributed by atoms with van der Waals surface area (Å²) in [5, 5.41) is 2.37. The van der Waals surface area contributed by atoms with Gasteiger partial charge in [-0.1, -0.05) is 67.5 Å². The van der Waals surface area contributed by atoms with Crippen molar-refractivity contribution < 1.29 is 0 Å². The maximum absolute atomic E-state index is 5.44. The number of nitrogens with zero attached hydrogens (tertiary/aromatic N) is 6. The lowest BCUT2D eigenvalue weighted by Crippen LogP contribution is -2.48. The minimum absolute atomic E-state index is 0.344. The smallest absolute Gasteiger partial charge is 0.0900 e. The van der Waals surface area contributed by atoms with E-state index in [1.165, 1.54) is 81.0 Å². The van der Waals surface area contributed by atoms with Crippen LogP contribution in [0.15, 0.2) is 110 Å². The van der Waals surface area contributed by atoms with E-state index in [9.17, 15) is 0 Å². The van der Waals surface area contributed by atoms with Crippen LogP contribution in [0.25, 0.3) is 89.6 Å². The third-order valence-corrected chi connectivity index (χ3v) is 23.3. The van der Waals surface area contributed by atoms with Crippen molar-refractivity contribution >= 4 is 21.8 Å². The molecule has 21 rings (SSSR count). The fraction of sp³-hybridized carbons (Fsp3) is 0.400. The second kappa shape index (κ2) is 15.0. The molecular weight excluding hydrogens is 939 g/mol. The minimum atomic E-state index is 0.344. The van der Waals surface area contributed by atoms with E-state index in [-0.39, 0.29) is 0 Å². The molecule has 0 amide bonds. The van der Waals surface area contributed by atoms with Crippen LogP contribution in [0.5, 0.6) is 0 Å². The number of benzene rings is 2. The van der Waals surface area contributed by atoms with Gasteiger partial charge in [-0.3, -0.25) is 19.9 Å². The summed E-state index contributed by atoms with van der Waals surface area (Å²) in [6.45, 7) is 19.5. The van der Waals surface area contributed by atoms with Crippen LogP contribution >= 0.6 is 0 Å². The summed E-state index contributed by atoms with van der Waals surface area (Å²) in [6.07, 6.45) is 18.3. The number of pyridine rings is 6. The van der Waals surface area contributed by atoms with Crippen LogP contribution in [-0.2, 0) is 25.7 Å². The van der Waals surface area contributed by atoms with Gasteiger partial charge in [0.15, 0.2) is 0 Å². The predicted octanol–water partition coefficient (Wildman–Crippen LogP) is 16.4. The summed E-state index contributed by atoms with van der Waals surface area (Å²) < 4.78 is 0. The zero-order valence-electron chi connectivity index (χ0n) is 45.9. The Labute approximate surface area is 452 Å². The highest BCUT2D eigenvalue weighted by atomic mass is 14.8. The normalized spacial score (nSPS) is 27.2. The van der Waals surface area contributed by atoms with Gasteiger partial charge in [0.25, 0.3) is 0 Å². The summed E-state index contributed by atoms with van der Waals surface area (Å²) in [5.41, 5.74) is 27.0. The Morgan fingerprint density at radius 1 is 0.338 bits per heavy atom. The number of H-pyrrole nitrogens is 1. The van der Waals surface area contributed by atoms with E-state index in [1.807, 2.05) is 0 Å². The predicted molar refractivity (Wildman–Crippen MR) is 309 cm³/mol. The van der Waals surface area contributed by atoms with Crippen molar-refractivity contribution in [3.05, 3.63) is 154 Å². The van der Waals surface area contributed by atoms with Gasteiger partial charge in [0.2, 0.25) is 0 Å². The Bertz CT molecular complexity index is 3640. The van der Waals surface area contributed by atoms with Gasteiger partial charge in [-0.2, -0.15) is 0 Å². The van der Waals surface area contributed by atoms with Gasteiger partial charge in [0.1, 0.15) is 0 Å². The maximum atomic E-state index is 5.44. The molecule has 1 N–H and O–H groups in total. The second-order valence-electron chi connectivity index (χ2n) is 28.0. The van der Waals surface area contributed by atoms with Crippen molar-refractivity contribution in [2.75, 3.05) is 0 Å². The number of fused-ring (bicyclic) bond motifs is 3. The number of rotatable bonds is 6. The van der Waals surface area contributed by atoms with Gasteiger partial charge in [0, 0.05) is 46.6 Å². The molecule has 77 heavy (non-hydrogen) atoms. The summed E-state index contributed by atoms with van der Waals surface area (Å²) in [4.78, 5) is 35.5. The van der Waals surface area contributed by atoms with Gasteiger partial charge < -0.3 is 4.98 Å². The SMILES string of the molecule is CC1(C)[C@H]2Cc3cc(-c4cc(-c5ccc6[nH]c7ccc(-c8cc(-c9cc%10c(cn9)[C@@H]9C[C@H](C%10)C9(C)C)nc(-c9cc%10c(cn9)[C@@H]9C[C@H](C%10)C9(C)C)c8)cc7c6c5)cc(-c5cc6c(cn5)[C@@H]5C[C@H](C6)C5(C)C)n4)ncc3[C@@H]1C2. The molecule has 4 saturated carbocycles. The Kier molecular flexibility index (Phi) is 8.82. The second-order valence-corrected chi connectivity index (χ2v) is 28.0. The van der Waals surface area contributed by atoms with E-state index in [1.54, 1.807) is 0 Å². The highest BCUT2D eigenvalue weighted by Crippen LogP contribution is 2.65. The first kappa shape index (κ1) is 45.2. The van der Waals surface area contributed by atoms with Crippen LogP contribution < -0.4 is 0 Å². The highest BCUT2D eigenvalue weighted by molar-refractivity contribution is 6.10. The maximum Gasteiger partial charge on any atom is 0.0900 e. The quantitative estimate of drug-likeness (QED) is 0.178. The molecule has 7 heterocycles. The summed E-state index contributed by atoms with van der Waals surface area (Å²) in [5.74, 6) is 5.24. The topological polar surface area (TPSA) is 93.1 Å². The monoisotopic (exact) mass is 1010 g/mol. The fourth-order valence-corrected chi connectivity index (χ4v) is 17.4. The van der Waals surface area contributed by atoms with Crippen molar-refractivity contribution in [2.45, 2.75) is 130 Å². The molecule has 0 saturated heterocycles. The van der Waals surface area contributed by atoms with Crippen molar-refractivity contribution in [1.82, 2.24) is 34.9 Å². The zero-order valence-corrected chi connectivity index (χ0v) is 45.9. The average Bonchev–Trinajstić information content (AvgIpc) is 3.83. The van der Waals surface area contributed by atoms with Gasteiger partial charge in [-0.15, -0.1) is 0 Å². The third-order valence-electron chi connectivity index (χ3n) is 23.3. The van der Waals surface area contributed by atoms with Crippen molar-refractivity contribution in [3.8, 4) is 67.8 Å². The highest BCUT2D eigenvalue weighted by Gasteiger charge is 2.55. The molecule has 2 aromatic carbocycles. The number of aromatic nitrogens is 7. The molecule has 7 nitrogen and oxygen atoms in total. The average molecular weight is 1010 g/mol. The number of nitrogens with one attached hydrogen (secondary N) is 1. The largest absolute Gasteiger partial charge is 0.355 e. The van der Waals surface area contributed by atoms with Crippen molar-refractivity contribution in [1.29, 1.82) is 0 Å². The molecule has 4 fully saturated rings. The molecular formula is C70H67N7. The molecule has 0 radical (unpaired) electrons. The minimum Gasteiger partial charge on any atom is -0.355 e. The van der Waals surface area contributed by atoms with Crippen LogP contribution in [0.2, 0.25) is 0 Å². The van der Waals surface area contributed by atoms with Crippen LogP contribution in [0.1, 0.15) is 149 Å². The summed E-state index contributed by atoms with van der Waals surface area (Å²) >= 11 is 0. The molecule has 0 unspecified atom stereocenters. The van der Waals surface area contributed by atoms with Crippen LogP contribution in [0.4, 0.5) is 0 Å². The van der Waals surface area contributed by atoms with Crippen LogP contribution in [0.3, 0.4) is 0 Å². The van der Waals surface area contributed by atoms with Gasteiger partial charge in [0.05, 0.1) is 45.6 Å². The molecule has 7 heteroatoms. The molecule has 12 aliphatic rings. The molecule has 8 bridgehead atoms. The first-order valence-corrected chi connectivity index (χ1v) is 29.1. The van der Waals surface area contributed by atoms with E-state index in [0.717, 1.165) is 128 Å². The van der Waals surface area contributed by atoms with Crippen LogP contribution in [-0.4, -0.2) is 34.9 Å². The van der Waals surface area contributed by atoms with E-state index in [2.05, 4.69) is 170 Å². The molecule has 9 aromatic rings. The van der Waals surface area contributed by atoms with E-state index in [0.29, 0.717) is 45.3 Å².